The van der Waals surface area contributed by atoms with Crippen molar-refractivity contribution in [1.29, 1.82) is 0 Å². The van der Waals surface area contributed by atoms with Crippen LogP contribution in [0.5, 0.6) is 0 Å². The largest absolute Gasteiger partial charge is 0.461 e. The Balaban J connectivity index is 1.96. The van der Waals surface area contributed by atoms with Crippen molar-refractivity contribution in [2.24, 2.45) is 17.8 Å². The molecule has 2 aromatic rings. The SMILES string of the molecule is CC1CCC(C(C)C)C(OC(=O)C(C(=O)c2ccc3ccccc3c2)N(C(C)C)C(C)C)C1. The second-order valence-electron chi connectivity index (χ2n) is 10.8. The smallest absolute Gasteiger partial charge is 0.331 e. The molecule has 0 spiro atoms. The summed E-state index contributed by atoms with van der Waals surface area (Å²) in [5, 5.41) is 2.07. The number of ketones is 1. The van der Waals surface area contributed by atoms with Gasteiger partial charge in [0.25, 0.3) is 0 Å². The molecule has 0 bridgehead atoms. The molecule has 4 unspecified atom stereocenters. The Bertz CT molecular complexity index is 956. The summed E-state index contributed by atoms with van der Waals surface area (Å²) in [6.45, 7) is 14.8. The molecule has 4 atom stereocenters. The number of nitrogens with zero attached hydrogens (tertiary/aromatic N) is 1. The minimum absolute atomic E-state index is 0.0260. The fourth-order valence-electron chi connectivity index (χ4n) is 5.52. The van der Waals surface area contributed by atoms with Crippen LogP contribution in [0.2, 0.25) is 0 Å². The number of ether oxygens (including phenoxy) is 1. The molecular weight excluding hydrogens is 410 g/mol. The van der Waals surface area contributed by atoms with Crippen molar-refractivity contribution in [2.45, 2.75) is 92.0 Å². The number of fused-ring (bicyclic) bond motifs is 1. The number of hydrogen-bond acceptors (Lipinski definition) is 4. The normalized spacial score (nSPS) is 22.3. The molecular formula is C29H41NO3. The minimum Gasteiger partial charge on any atom is -0.461 e. The van der Waals surface area contributed by atoms with E-state index in [2.05, 4.69) is 20.8 Å². The number of Topliss-reactive ketones (excluding diaryl/α,β-unsaturated/α-hetero) is 1. The van der Waals surface area contributed by atoms with Crippen LogP contribution < -0.4 is 0 Å². The first kappa shape index (κ1) is 25.4. The maximum atomic E-state index is 13.9. The highest BCUT2D eigenvalue weighted by molar-refractivity contribution is 6.13. The molecule has 0 heterocycles. The van der Waals surface area contributed by atoms with Crippen LogP contribution in [0.3, 0.4) is 0 Å². The number of hydrogen-bond donors (Lipinski definition) is 0. The lowest BCUT2D eigenvalue weighted by molar-refractivity contribution is -0.161. The van der Waals surface area contributed by atoms with Crippen LogP contribution in [-0.2, 0) is 9.53 Å². The third-order valence-corrected chi connectivity index (χ3v) is 7.23. The molecule has 4 nitrogen and oxygen atoms in total. The van der Waals surface area contributed by atoms with Crippen molar-refractivity contribution in [3.8, 4) is 0 Å². The quantitative estimate of drug-likeness (QED) is 0.261. The summed E-state index contributed by atoms with van der Waals surface area (Å²) in [4.78, 5) is 29.6. The Hall–Kier alpha value is -2.20. The van der Waals surface area contributed by atoms with Gasteiger partial charge < -0.3 is 4.74 Å². The van der Waals surface area contributed by atoms with Crippen LogP contribution in [0.4, 0.5) is 0 Å². The van der Waals surface area contributed by atoms with E-state index in [4.69, 9.17) is 4.74 Å². The summed E-state index contributed by atoms with van der Waals surface area (Å²) in [7, 11) is 0. The highest BCUT2D eigenvalue weighted by Crippen LogP contribution is 2.36. The van der Waals surface area contributed by atoms with Gasteiger partial charge in [-0.15, -0.1) is 0 Å². The van der Waals surface area contributed by atoms with Crippen LogP contribution in [0.25, 0.3) is 10.8 Å². The summed E-state index contributed by atoms with van der Waals surface area (Å²) in [5.41, 5.74) is 0.555. The van der Waals surface area contributed by atoms with E-state index in [1.807, 2.05) is 75.1 Å². The lowest BCUT2D eigenvalue weighted by atomic mass is 9.75. The molecule has 0 aliphatic heterocycles. The topological polar surface area (TPSA) is 46.6 Å². The van der Waals surface area contributed by atoms with E-state index < -0.39 is 12.0 Å². The van der Waals surface area contributed by atoms with Gasteiger partial charge in [-0.3, -0.25) is 9.69 Å². The maximum Gasteiger partial charge on any atom is 0.331 e. The molecule has 33 heavy (non-hydrogen) atoms. The number of benzene rings is 2. The van der Waals surface area contributed by atoms with Crippen molar-refractivity contribution in [3.05, 3.63) is 48.0 Å². The van der Waals surface area contributed by atoms with Crippen LogP contribution in [0.15, 0.2) is 42.5 Å². The molecule has 1 saturated carbocycles. The van der Waals surface area contributed by atoms with Gasteiger partial charge in [-0.2, -0.15) is 0 Å². The lowest BCUT2D eigenvalue weighted by Gasteiger charge is -2.40. The number of carbonyl (C=O) groups excluding carboxylic acids is 2. The molecule has 1 aliphatic rings. The van der Waals surface area contributed by atoms with E-state index in [9.17, 15) is 9.59 Å². The van der Waals surface area contributed by atoms with Gasteiger partial charge in [0.15, 0.2) is 11.8 Å². The number of rotatable bonds is 8. The van der Waals surface area contributed by atoms with Gasteiger partial charge in [0.2, 0.25) is 0 Å². The minimum atomic E-state index is -0.948. The highest BCUT2D eigenvalue weighted by atomic mass is 16.5. The predicted octanol–water partition coefficient (Wildman–Crippen LogP) is 6.51. The standard InChI is InChI=1S/C29H41NO3/c1-18(2)25-15-12-21(7)16-26(25)33-29(32)27(30(19(3)4)20(5)6)28(31)24-14-13-22-10-8-9-11-23(22)17-24/h8-11,13-14,17-21,25-27H,12,15-16H2,1-7H3. The molecule has 2 aromatic carbocycles. The van der Waals surface area contributed by atoms with Crippen LogP contribution in [0, 0.1) is 17.8 Å². The fourth-order valence-corrected chi connectivity index (χ4v) is 5.52. The Kier molecular flexibility index (Phi) is 8.33. The van der Waals surface area contributed by atoms with E-state index in [1.54, 1.807) is 0 Å². The third kappa shape index (κ3) is 5.84. The van der Waals surface area contributed by atoms with Gasteiger partial charge in [-0.05, 0) is 75.1 Å². The Morgan fingerprint density at radius 3 is 2.15 bits per heavy atom. The summed E-state index contributed by atoms with van der Waals surface area (Å²) in [6.07, 6.45) is 2.97. The second-order valence-corrected chi connectivity index (χ2v) is 10.8. The Morgan fingerprint density at radius 2 is 1.55 bits per heavy atom. The first-order valence-electron chi connectivity index (χ1n) is 12.6. The molecule has 3 rings (SSSR count). The maximum absolute atomic E-state index is 13.9. The molecule has 0 N–H and O–H groups in total. The predicted molar refractivity (Wildman–Crippen MR) is 135 cm³/mol. The van der Waals surface area contributed by atoms with E-state index >= 15 is 0 Å². The monoisotopic (exact) mass is 451 g/mol. The van der Waals surface area contributed by atoms with Crippen molar-refractivity contribution in [2.75, 3.05) is 0 Å². The van der Waals surface area contributed by atoms with Crippen LogP contribution >= 0.6 is 0 Å². The lowest BCUT2D eigenvalue weighted by Crippen LogP contribution is -2.54. The zero-order valence-corrected chi connectivity index (χ0v) is 21.4. The van der Waals surface area contributed by atoms with Crippen LogP contribution in [0.1, 0.15) is 78.1 Å². The van der Waals surface area contributed by atoms with Crippen molar-refractivity contribution in [1.82, 2.24) is 4.90 Å². The van der Waals surface area contributed by atoms with Gasteiger partial charge in [-0.1, -0.05) is 63.6 Å². The van der Waals surface area contributed by atoms with Crippen molar-refractivity contribution >= 4 is 22.5 Å². The van der Waals surface area contributed by atoms with E-state index in [-0.39, 0.29) is 24.0 Å². The molecule has 0 aromatic heterocycles. The van der Waals surface area contributed by atoms with Gasteiger partial charge in [0, 0.05) is 17.6 Å². The Morgan fingerprint density at radius 1 is 0.909 bits per heavy atom. The molecule has 1 aliphatic carbocycles. The van der Waals surface area contributed by atoms with Crippen LogP contribution in [-0.4, -0.2) is 40.9 Å². The summed E-state index contributed by atoms with van der Waals surface area (Å²) in [6, 6.07) is 12.8. The third-order valence-electron chi connectivity index (χ3n) is 7.23. The molecule has 0 amide bonds. The summed E-state index contributed by atoms with van der Waals surface area (Å²) in [5.74, 6) is 0.724. The molecule has 0 saturated heterocycles. The molecule has 180 valence electrons. The van der Waals surface area contributed by atoms with Gasteiger partial charge in [0.05, 0.1) is 0 Å². The second kappa shape index (κ2) is 10.8. The number of carbonyl (C=O) groups is 2. The van der Waals surface area contributed by atoms with Gasteiger partial charge in [-0.25, -0.2) is 4.79 Å². The van der Waals surface area contributed by atoms with Crippen molar-refractivity contribution < 1.29 is 14.3 Å². The zero-order valence-electron chi connectivity index (χ0n) is 21.4. The molecule has 0 radical (unpaired) electrons. The average Bonchev–Trinajstić information content (AvgIpc) is 2.75. The first-order chi connectivity index (χ1) is 15.6. The van der Waals surface area contributed by atoms with Gasteiger partial charge >= 0.3 is 5.97 Å². The fraction of sp³-hybridized carbons (Fsp3) is 0.586. The van der Waals surface area contributed by atoms with E-state index in [1.165, 1.54) is 6.42 Å². The zero-order chi connectivity index (χ0) is 24.3. The van der Waals surface area contributed by atoms with Crippen molar-refractivity contribution in [3.63, 3.8) is 0 Å². The van der Waals surface area contributed by atoms with E-state index in [0.29, 0.717) is 23.3 Å². The first-order valence-corrected chi connectivity index (χ1v) is 12.6. The molecule has 1 fully saturated rings. The average molecular weight is 452 g/mol. The van der Waals surface area contributed by atoms with E-state index in [0.717, 1.165) is 23.6 Å². The van der Waals surface area contributed by atoms with Gasteiger partial charge in [0.1, 0.15) is 6.10 Å². The molecule has 4 heteroatoms. The Labute approximate surface area is 199 Å². The summed E-state index contributed by atoms with van der Waals surface area (Å²) < 4.78 is 6.21. The highest BCUT2D eigenvalue weighted by Gasteiger charge is 2.41. The summed E-state index contributed by atoms with van der Waals surface area (Å²) >= 11 is 0. The number of esters is 1.